The van der Waals surface area contributed by atoms with Crippen molar-refractivity contribution in [3.05, 3.63) is 0 Å². The van der Waals surface area contributed by atoms with Crippen molar-refractivity contribution in [2.45, 2.75) is 40.5 Å². The summed E-state index contributed by atoms with van der Waals surface area (Å²) >= 11 is 0. The number of hydrogen-bond donors (Lipinski definition) is 2. The molecule has 0 bridgehead atoms. The lowest BCUT2D eigenvalue weighted by molar-refractivity contribution is -0.120. The van der Waals surface area contributed by atoms with E-state index in [1.165, 1.54) is 12.8 Å². The van der Waals surface area contributed by atoms with Gasteiger partial charge in [-0.15, -0.1) is 0 Å². The van der Waals surface area contributed by atoms with Crippen LogP contribution in [-0.2, 0) is 4.79 Å². The van der Waals surface area contributed by atoms with Crippen LogP contribution in [-0.4, -0.2) is 25.5 Å². The molecule has 2 N–H and O–H groups in total. The summed E-state index contributed by atoms with van der Waals surface area (Å²) in [4.78, 5) is 11.5. The van der Waals surface area contributed by atoms with E-state index in [1.54, 1.807) is 0 Å². The van der Waals surface area contributed by atoms with E-state index in [0.29, 0.717) is 12.5 Å². The lowest BCUT2D eigenvalue weighted by Gasteiger charge is -2.29. The van der Waals surface area contributed by atoms with Crippen molar-refractivity contribution in [2.75, 3.05) is 19.6 Å². The summed E-state index contributed by atoms with van der Waals surface area (Å²) in [6, 6.07) is 0. The number of carbonyl (C=O) groups excluding carboxylic acids is 1. The highest BCUT2D eigenvalue weighted by Crippen LogP contribution is 2.27. The zero-order chi connectivity index (χ0) is 12.2. The summed E-state index contributed by atoms with van der Waals surface area (Å²) in [7, 11) is 0. The average Bonchev–Trinajstić information content (AvgIpc) is 2.98. The Morgan fingerprint density at radius 2 is 2.00 bits per heavy atom. The van der Waals surface area contributed by atoms with E-state index in [0.717, 1.165) is 19.0 Å². The fourth-order valence-corrected chi connectivity index (χ4v) is 1.30. The first-order valence-electron chi connectivity index (χ1n) is 6.39. The number of amides is 1. The van der Waals surface area contributed by atoms with Gasteiger partial charge in [-0.3, -0.25) is 4.79 Å². The molecule has 3 nitrogen and oxygen atoms in total. The first-order chi connectivity index (χ1) is 7.42. The van der Waals surface area contributed by atoms with Crippen LogP contribution in [0, 0.1) is 17.3 Å². The molecular weight excluding hydrogens is 200 g/mol. The minimum Gasteiger partial charge on any atom is -0.354 e. The van der Waals surface area contributed by atoms with Crippen LogP contribution >= 0.6 is 0 Å². The van der Waals surface area contributed by atoms with Gasteiger partial charge in [-0.2, -0.15) is 0 Å². The van der Waals surface area contributed by atoms with E-state index in [-0.39, 0.29) is 11.3 Å². The van der Waals surface area contributed by atoms with Gasteiger partial charge in [0.05, 0.1) is 6.54 Å². The first-order valence-corrected chi connectivity index (χ1v) is 6.39. The van der Waals surface area contributed by atoms with Crippen molar-refractivity contribution in [3.63, 3.8) is 0 Å². The highest BCUT2D eigenvalue weighted by Gasteiger charge is 2.23. The minimum absolute atomic E-state index is 0.120. The molecule has 3 heteroatoms. The quantitative estimate of drug-likeness (QED) is 0.695. The molecule has 0 atom stereocenters. The predicted molar refractivity (Wildman–Crippen MR) is 67.2 cm³/mol. The fourth-order valence-electron chi connectivity index (χ4n) is 1.30. The molecule has 0 aliphatic heterocycles. The van der Waals surface area contributed by atoms with E-state index in [9.17, 15) is 4.79 Å². The Kier molecular flexibility index (Phi) is 4.78. The Balaban J connectivity index is 2.08. The third kappa shape index (κ3) is 4.97. The molecular formula is C13H26N2O. The maximum Gasteiger partial charge on any atom is 0.233 e. The Hall–Kier alpha value is -0.570. The van der Waals surface area contributed by atoms with Crippen LogP contribution in [0.25, 0.3) is 0 Å². The van der Waals surface area contributed by atoms with Gasteiger partial charge >= 0.3 is 0 Å². The zero-order valence-corrected chi connectivity index (χ0v) is 11.1. The van der Waals surface area contributed by atoms with Gasteiger partial charge < -0.3 is 10.6 Å². The van der Waals surface area contributed by atoms with Crippen LogP contribution in [0.5, 0.6) is 0 Å². The summed E-state index contributed by atoms with van der Waals surface area (Å²) < 4.78 is 0. The second-order valence-corrected chi connectivity index (χ2v) is 5.99. The topological polar surface area (TPSA) is 41.1 Å². The number of rotatable bonds is 7. The van der Waals surface area contributed by atoms with Crippen molar-refractivity contribution in [1.82, 2.24) is 10.6 Å². The van der Waals surface area contributed by atoms with E-state index >= 15 is 0 Å². The van der Waals surface area contributed by atoms with Gasteiger partial charge in [0.2, 0.25) is 5.91 Å². The lowest BCUT2D eigenvalue weighted by atomic mass is 9.81. The Morgan fingerprint density at radius 1 is 1.38 bits per heavy atom. The maximum atomic E-state index is 11.5. The maximum absolute atomic E-state index is 11.5. The normalized spacial score (nSPS) is 16.6. The van der Waals surface area contributed by atoms with E-state index < -0.39 is 0 Å². The third-order valence-corrected chi connectivity index (χ3v) is 3.72. The molecule has 0 saturated heterocycles. The molecule has 1 fully saturated rings. The SMILES string of the molecule is CC(C)C(C)(C)CNC(=O)CNCC1CC1. The Labute approximate surface area is 99.4 Å². The van der Waals surface area contributed by atoms with Crippen LogP contribution in [0.3, 0.4) is 0 Å². The van der Waals surface area contributed by atoms with Crippen molar-refractivity contribution in [3.8, 4) is 0 Å². The molecule has 1 aliphatic carbocycles. The van der Waals surface area contributed by atoms with E-state index in [2.05, 4.69) is 38.3 Å². The molecule has 1 rings (SSSR count). The van der Waals surface area contributed by atoms with Crippen LogP contribution in [0.15, 0.2) is 0 Å². The highest BCUT2D eigenvalue weighted by molar-refractivity contribution is 5.78. The van der Waals surface area contributed by atoms with Crippen LogP contribution < -0.4 is 10.6 Å². The molecule has 94 valence electrons. The molecule has 0 aromatic heterocycles. The Bertz CT molecular complexity index is 232. The van der Waals surface area contributed by atoms with Crippen LogP contribution in [0.1, 0.15) is 40.5 Å². The second kappa shape index (κ2) is 5.67. The van der Waals surface area contributed by atoms with Gasteiger partial charge in [-0.05, 0) is 36.6 Å². The van der Waals surface area contributed by atoms with Gasteiger partial charge in [0.1, 0.15) is 0 Å². The van der Waals surface area contributed by atoms with Gasteiger partial charge in [0.15, 0.2) is 0 Å². The standard InChI is InChI=1S/C13H26N2O/c1-10(2)13(3,4)9-15-12(16)8-14-7-11-5-6-11/h10-11,14H,5-9H2,1-4H3,(H,15,16). The summed E-state index contributed by atoms with van der Waals surface area (Å²) in [6.07, 6.45) is 2.66. The highest BCUT2D eigenvalue weighted by atomic mass is 16.1. The molecule has 1 amide bonds. The fraction of sp³-hybridized carbons (Fsp3) is 0.923. The lowest BCUT2D eigenvalue weighted by Crippen LogP contribution is -2.41. The van der Waals surface area contributed by atoms with Crippen LogP contribution in [0.4, 0.5) is 0 Å². The smallest absolute Gasteiger partial charge is 0.233 e. The molecule has 0 heterocycles. The van der Waals surface area contributed by atoms with E-state index in [1.807, 2.05) is 0 Å². The first kappa shape index (κ1) is 13.5. The zero-order valence-electron chi connectivity index (χ0n) is 11.1. The van der Waals surface area contributed by atoms with Crippen molar-refractivity contribution < 1.29 is 4.79 Å². The summed E-state index contributed by atoms with van der Waals surface area (Å²) in [6.45, 7) is 11.0. The number of nitrogens with one attached hydrogen (secondary N) is 2. The van der Waals surface area contributed by atoms with Crippen LogP contribution in [0.2, 0.25) is 0 Å². The number of hydrogen-bond acceptors (Lipinski definition) is 2. The molecule has 0 aromatic rings. The third-order valence-electron chi connectivity index (χ3n) is 3.72. The van der Waals surface area contributed by atoms with Crippen molar-refractivity contribution >= 4 is 5.91 Å². The summed E-state index contributed by atoms with van der Waals surface area (Å²) in [5, 5.41) is 6.20. The molecule has 0 radical (unpaired) electrons. The summed E-state index contributed by atoms with van der Waals surface area (Å²) in [5.74, 6) is 1.53. The molecule has 0 unspecified atom stereocenters. The molecule has 0 aromatic carbocycles. The van der Waals surface area contributed by atoms with Crippen molar-refractivity contribution in [2.24, 2.45) is 17.3 Å². The molecule has 0 spiro atoms. The molecule has 16 heavy (non-hydrogen) atoms. The van der Waals surface area contributed by atoms with Gasteiger partial charge in [0.25, 0.3) is 0 Å². The van der Waals surface area contributed by atoms with Crippen molar-refractivity contribution in [1.29, 1.82) is 0 Å². The van der Waals surface area contributed by atoms with Gasteiger partial charge in [0, 0.05) is 6.54 Å². The second-order valence-electron chi connectivity index (χ2n) is 5.99. The molecule has 1 saturated carbocycles. The van der Waals surface area contributed by atoms with Gasteiger partial charge in [-0.25, -0.2) is 0 Å². The average molecular weight is 226 g/mol. The Morgan fingerprint density at radius 3 is 2.50 bits per heavy atom. The van der Waals surface area contributed by atoms with E-state index in [4.69, 9.17) is 0 Å². The predicted octanol–water partition coefficient (Wildman–Crippen LogP) is 1.78. The monoisotopic (exact) mass is 226 g/mol. The number of carbonyl (C=O) groups is 1. The summed E-state index contributed by atoms with van der Waals surface area (Å²) in [5.41, 5.74) is 0.173. The molecule has 1 aliphatic rings. The largest absolute Gasteiger partial charge is 0.354 e. The van der Waals surface area contributed by atoms with Gasteiger partial charge in [-0.1, -0.05) is 27.7 Å². The minimum atomic E-state index is 0.120.